The van der Waals surface area contributed by atoms with Crippen LogP contribution in [0.5, 0.6) is 11.5 Å². The van der Waals surface area contributed by atoms with Crippen molar-refractivity contribution in [3.8, 4) is 11.5 Å². The number of ether oxygens (including phenoxy) is 2. The molecule has 0 heterocycles. The lowest BCUT2D eigenvalue weighted by Crippen LogP contribution is -2.24. The largest absolute Gasteiger partial charge is 0.493 e. The molecular formula is C18H29NO2. The van der Waals surface area contributed by atoms with Gasteiger partial charge >= 0.3 is 0 Å². The molecule has 0 bridgehead atoms. The first-order valence-electron chi connectivity index (χ1n) is 8.21. The van der Waals surface area contributed by atoms with E-state index in [0.717, 1.165) is 36.7 Å². The average molecular weight is 291 g/mol. The molecule has 3 heteroatoms. The van der Waals surface area contributed by atoms with Gasteiger partial charge < -0.3 is 15.2 Å². The molecule has 1 aliphatic carbocycles. The van der Waals surface area contributed by atoms with E-state index in [-0.39, 0.29) is 6.04 Å². The highest BCUT2D eigenvalue weighted by Gasteiger charge is 2.22. The lowest BCUT2D eigenvalue weighted by atomic mass is 9.86. The zero-order valence-corrected chi connectivity index (χ0v) is 13.6. The molecule has 0 saturated heterocycles. The number of nitrogens with two attached hydrogens (primary N) is 1. The van der Waals surface area contributed by atoms with Crippen LogP contribution in [-0.2, 0) is 6.42 Å². The topological polar surface area (TPSA) is 44.5 Å². The summed E-state index contributed by atoms with van der Waals surface area (Å²) in [5, 5.41) is 0. The van der Waals surface area contributed by atoms with E-state index in [9.17, 15) is 0 Å². The summed E-state index contributed by atoms with van der Waals surface area (Å²) in [4.78, 5) is 0. The molecule has 1 unspecified atom stereocenters. The van der Waals surface area contributed by atoms with Crippen LogP contribution in [0, 0.1) is 5.92 Å². The quantitative estimate of drug-likeness (QED) is 0.863. The summed E-state index contributed by atoms with van der Waals surface area (Å²) < 4.78 is 11.7. The van der Waals surface area contributed by atoms with Gasteiger partial charge in [0.25, 0.3) is 0 Å². The summed E-state index contributed by atoms with van der Waals surface area (Å²) in [5.41, 5.74) is 7.10. The van der Waals surface area contributed by atoms with E-state index in [0.29, 0.717) is 6.10 Å². The third kappa shape index (κ3) is 4.63. The summed E-state index contributed by atoms with van der Waals surface area (Å²) in [6.07, 6.45) is 7.35. The van der Waals surface area contributed by atoms with Crippen LogP contribution >= 0.6 is 0 Å². The lowest BCUT2D eigenvalue weighted by molar-refractivity contribution is 0.126. The van der Waals surface area contributed by atoms with E-state index in [1.54, 1.807) is 7.11 Å². The van der Waals surface area contributed by atoms with Gasteiger partial charge in [0.2, 0.25) is 0 Å². The van der Waals surface area contributed by atoms with E-state index in [2.05, 4.69) is 19.1 Å². The SMILES string of the molecule is CCC1CCC(Oc2cc(CC(C)N)ccc2OC)CC1. The lowest BCUT2D eigenvalue weighted by Gasteiger charge is -2.29. The minimum absolute atomic E-state index is 0.159. The maximum Gasteiger partial charge on any atom is 0.161 e. The van der Waals surface area contributed by atoms with Crippen molar-refractivity contribution in [2.45, 2.75) is 64.5 Å². The van der Waals surface area contributed by atoms with Crippen molar-refractivity contribution < 1.29 is 9.47 Å². The van der Waals surface area contributed by atoms with Crippen LogP contribution in [0.1, 0.15) is 51.5 Å². The second kappa shape index (κ2) is 7.69. The van der Waals surface area contributed by atoms with Gasteiger partial charge in [-0.05, 0) is 62.6 Å². The van der Waals surface area contributed by atoms with Crippen molar-refractivity contribution in [1.29, 1.82) is 0 Å². The Labute approximate surface area is 128 Å². The second-order valence-electron chi connectivity index (χ2n) is 6.34. The Kier molecular flexibility index (Phi) is 5.92. The zero-order chi connectivity index (χ0) is 15.2. The molecule has 21 heavy (non-hydrogen) atoms. The van der Waals surface area contributed by atoms with Gasteiger partial charge in [0.1, 0.15) is 0 Å². The fourth-order valence-electron chi connectivity index (χ4n) is 3.15. The molecule has 0 amide bonds. The van der Waals surface area contributed by atoms with Gasteiger partial charge in [0.05, 0.1) is 13.2 Å². The minimum Gasteiger partial charge on any atom is -0.493 e. The molecule has 118 valence electrons. The summed E-state index contributed by atoms with van der Waals surface area (Å²) in [6, 6.07) is 6.31. The van der Waals surface area contributed by atoms with Crippen LogP contribution in [0.3, 0.4) is 0 Å². The summed E-state index contributed by atoms with van der Waals surface area (Å²) in [7, 11) is 1.70. The van der Waals surface area contributed by atoms with Gasteiger partial charge in [-0.2, -0.15) is 0 Å². The molecule has 0 radical (unpaired) electrons. The molecule has 1 aliphatic rings. The highest BCUT2D eigenvalue weighted by Crippen LogP contribution is 2.34. The maximum absolute atomic E-state index is 6.23. The Morgan fingerprint density at radius 2 is 1.90 bits per heavy atom. The highest BCUT2D eigenvalue weighted by atomic mass is 16.5. The van der Waals surface area contributed by atoms with Crippen LogP contribution in [0.4, 0.5) is 0 Å². The Morgan fingerprint density at radius 3 is 2.48 bits per heavy atom. The normalized spacial score (nSPS) is 23.6. The van der Waals surface area contributed by atoms with Gasteiger partial charge in [-0.3, -0.25) is 0 Å². The van der Waals surface area contributed by atoms with E-state index < -0.39 is 0 Å². The monoisotopic (exact) mass is 291 g/mol. The Hall–Kier alpha value is -1.22. The Bertz CT molecular complexity index is 437. The molecule has 0 spiro atoms. The highest BCUT2D eigenvalue weighted by molar-refractivity contribution is 5.43. The smallest absolute Gasteiger partial charge is 0.161 e. The standard InChI is InChI=1S/C18H29NO2/c1-4-14-5-8-16(9-6-14)21-18-12-15(11-13(2)19)7-10-17(18)20-3/h7,10,12-14,16H,4-6,8-9,11,19H2,1-3H3. The van der Waals surface area contributed by atoms with Crippen LogP contribution in [0.25, 0.3) is 0 Å². The van der Waals surface area contributed by atoms with E-state index in [1.807, 2.05) is 13.0 Å². The van der Waals surface area contributed by atoms with Crippen molar-refractivity contribution in [1.82, 2.24) is 0 Å². The summed E-state index contributed by atoms with van der Waals surface area (Å²) in [5.74, 6) is 2.58. The summed E-state index contributed by atoms with van der Waals surface area (Å²) >= 11 is 0. The number of hydrogen-bond acceptors (Lipinski definition) is 3. The van der Waals surface area contributed by atoms with Gasteiger partial charge in [-0.1, -0.05) is 19.4 Å². The Balaban J connectivity index is 2.03. The first-order valence-corrected chi connectivity index (χ1v) is 8.21. The van der Waals surface area contributed by atoms with Crippen molar-refractivity contribution in [3.63, 3.8) is 0 Å². The second-order valence-corrected chi connectivity index (χ2v) is 6.34. The minimum atomic E-state index is 0.159. The van der Waals surface area contributed by atoms with E-state index >= 15 is 0 Å². The van der Waals surface area contributed by atoms with E-state index in [4.69, 9.17) is 15.2 Å². The van der Waals surface area contributed by atoms with Crippen LogP contribution < -0.4 is 15.2 Å². The molecule has 0 aliphatic heterocycles. The van der Waals surface area contributed by atoms with Crippen molar-refractivity contribution >= 4 is 0 Å². The van der Waals surface area contributed by atoms with Crippen molar-refractivity contribution in [2.75, 3.05) is 7.11 Å². The predicted octanol–water partition coefficient (Wildman–Crippen LogP) is 3.93. The maximum atomic E-state index is 6.23. The fraction of sp³-hybridized carbons (Fsp3) is 0.667. The molecule has 1 fully saturated rings. The van der Waals surface area contributed by atoms with Gasteiger partial charge in [-0.15, -0.1) is 0 Å². The van der Waals surface area contributed by atoms with Crippen molar-refractivity contribution in [3.05, 3.63) is 23.8 Å². The fourth-order valence-corrected chi connectivity index (χ4v) is 3.15. The van der Waals surface area contributed by atoms with Crippen LogP contribution in [-0.4, -0.2) is 19.3 Å². The molecule has 3 nitrogen and oxygen atoms in total. The van der Waals surface area contributed by atoms with Crippen molar-refractivity contribution in [2.24, 2.45) is 11.7 Å². The molecule has 1 saturated carbocycles. The molecule has 1 atom stereocenters. The van der Waals surface area contributed by atoms with Crippen LogP contribution in [0.15, 0.2) is 18.2 Å². The molecule has 0 aromatic heterocycles. The first-order chi connectivity index (χ1) is 10.1. The third-order valence-corrected chi connectivity index (χ3v) is 4.45. The molecule has 2 rings (SSSR count). The van der Waals surface area contributed by atoms with Gasteiger partial charge in [0, 0.05) is 6.04 Å². The van der Waals surface area contributed by atoms with Gasteiger partial charge in [0.15, 0.2) is 11.5 Å². The van der Waals surface area contributed by atoms with Crippen LogP contribution in [0.2, 0.25) is 0 Å². The number of benzene rings is 1. The molecule has 1 aromatic rings. The first kappa shape index (κ1) is 16.2. The Morgan fingerprint density at radius 1 is 1.19 bits per heavy atom. The zero-order valence-electron chi connectivity index (χ0n) is 13.6. The van der Waals surface area contributed by atoms with Gasteiger partial charge in [-0.25, -0.2) is 0 Å². The summed E-state index contributed by atoms with van der Waals surface area (Å²) in [6.45, 7) is 4.31. The third-order valence-electron chi connectivity index (χ3n) is 4.45. The number of methoxy groups -OCH3 is 1. The number of rotatable bonds is 6. The molecular weight excluding hydrogens is 262 g/mol. The molecule has 2 N–H and O–H groups in total. The number of hydrogen-bond donors (Lipinski definition) is 1. The predicted molar refractivity (Wildman–Crippen MR) is 87.0 cm³/mol. The average Bonchev–Trinajstić information content (AvgIpc) is 2.48. The molecule has 1 aromatic carbocycles. The van der Waals surface area contributed by atoms with E-state index in [1.165, 1.54) is 24.8 Å².